The molecular weight excluding hydrogens is 386 g/mol. The first-order valence-corrected chi connectivity index (χ1v) is 9.71. The van der Waals surface area contributed by atoms with Gasteiger partial charge in [-0.1, -0.05) is 22.9 Å². The summed E-state index contributed by atoms with van der Waals surface area (Å²) >= 11 is 7.63. The predicted molar refractivity (Wildman–Crippen MR) is 109 cm³/mol. The van der Waals surface area contributed by atoms with Crippen molar-refractivity contribution in [3.8, 4) is 5.75 Å². The zero-order chi connectivity index (χ0) is 18.8. The minimum absolute atomic E-state index is 0.272. The lowest BCUT2D eigenvalue weighted by atomic mass is 10.2. The Balaban J connectivity index is 1.57. The molecule has 1 N–H and O–H groups in total. The summed E-state index contributed by atoms with van der Waals surface area (Å²) in [5.41, 5.74) is 2.01. The van der Waals surface area contributed by atoms with E-state index >= 15 is 0 Å². The lowest BCUT2D eigenvalue weighted by Gasteiger charge is -2.25. The van der Waals surface area contributed by atoms with Crippen molar-refractivity contribution in [1.29, 1.82) is 0 Å². The van der Waals surface area contributed by atoms with Crippen molar-refractivity contribution < 1.29 is 14.3 Å². The molecule has 1 aromatic heterocycles. The molecule has 6 nitrogen and oxygen atoms in total. The number of hydrogen-bond donors (Lipinski definition) is 1. The van der Waals surface area contributed by atoms with Gasteiger partial charge in [0.1, 0.15) is 5.75 Å². The Morgan fingerprint density at radius 2 is 2.07 bits per heavy atom. The first-order valence-electron chi connectivity index (χ1n) is 8.52. The number of amides is 1. The molecule has 0 saturated carbocycles. The van der Waals surface area contributed by atoms with E-state index in [0.717, 1.165) is 41.7 Å². The van der Waals surface area contributed by atoms with Gasteiger partial charge in [-0.3, -0.25) is 4.79 Å². The highest BCUT2D eigenvalue weighted by atomic mass is 35.5. The van der Waals surface area contributed by atoms with E-state index in [2.05, 4.69) is 10.2 Å². The Morgan fingerprint density at radius 3 is 2.85 bits per heavy atom. The highest BCUT2D eigenvalue weighted by molar-refractivity contribution is 7.22. The third-order valence-electron chi connectivity index (χ3n) is 4.32. The molecule has 2 aromatic carbocycles. The molecular formula is C19H18ClN3O3S. The zero-order valence-corrected chi connectivity index (χ0v) is 16.3. The molecule has 0 bridgehead atoms. The number of nitrogens with one attached hydrogen (secondary N) is 1. The zero-order valence-electron chi connectivity index (χ0n) is 14.7. The van der Waals surface area contributed by atoms with Crippen LogP contribution in [0.2, 0.25) is 5.02 Å². The second kappa shape index (κ2) is 7.72. The van der Waals surface area contributed by atoms with Gasteiger partial charge in [-0.2, -0.15) is 0 Å². The summed E-state index contributed by atoms with van der Waals surface area (Å²) in [6.45, 7) is 3.13. The van der Waals surface area contributed by atoms with Crippen molar-refractivity contribution in [2.75, 3.05) is 43.6 Å². The van der Waals surface area contributed by atoms with Gasteiger partial charge in [0.05, 0.1) is 36.1 Å². The molecule has 1 saturated heterocycles. The topological polar surface area (TPSA) is 63.7 Å². The largest absolute Gasteiger partial charge is 0.496 e. The van der Waals surface area contributed by atoms with Crippen molar-refractivity contribution >= 4 is 49.9 Å². The van der Waals surface area contributed by atoms with Gasteiger partial charge in [0, 0.05) is 23.8 Å². The van der Waals surface area contributed by atoms with Crippen LogP contribution in [0.15, 0.2) is 36.4 Å². The normalized spacial score (nSPS) is 14.4. The number of aromatic nitrogens is 1. The standard InChI is InChI=1S/C19H18ClN3O3S/c1-25-16-5-2-12(20)10-14(16)18(24)21-13-3-4-15-17(11-13)27-19(22-15)23-6-8-26-9-7-23/h2-5,10-11H,6-9H2,1H3,(H,21,24). The molecule has 0 unspecified atom stereocenters. The molecule has 1 fully saturated rings. The lowest BCUT2D eigenvalue weighted by Crippen LogP contribution is -2.36. The molecule has 0 atom stereocenters. The number of anilines is 2. The maximum absolute atomic E-state index is 12.7. The fourth-order valence-corrected chi connectivity index (χ4v) is 4.16. The summed E-state index contributed by atoms with van der Waals surface area (Å²) in [5.74, 6) is 0.206. The van der Waals surface area contributed by atoms with E-state index in [4.69, 9.17) is 26.1 Å². The molecule has 3 aromatic rings. The molecule has 2 heterocycles. The van der Waals surface area contributed by atoms with Crippen LogP contribution in [0.3, 0.4) is 0 Å². The number of carbonyl (C=O) groups is 1. The molecule has 1 amide bonds. The van der Waals surface area contributed by atoms with Gasteiger partial charge in [-0.15, -0.1) is 0 Å². The summed E-state index contributed by atoms with van der Waals surface area (Å²) in [5, 5.41) is 4.37. The van der Waals surface area contributed by atoms with Crippen molar-refractivity contribution in [3.05, 3.63) is 47.0 Å². The number of morpholine rings is 1. The number of benzene rings is 2. The van der Waals surface area contributed by atoms with E-state index in [1.165, 1.54) is 7.11 Å². The second-order valence-corrected chi connectivity index (χ2v) is 7.52. The maximum Gasteiger partial charge on any atom is 0.259 e. The van der Waals surface area contributed by atoms with Crippen molar-refractivity contribution in [1.82, 2.24) is 4.98 Å². The first-order chi connectivity index (χ1) is 13.1. The average molecular weight is 404 g/mol. The number of rotatable bonds is 4. The third kappa shape index (κ3) is 3.85. The smallest absolute Gasteiger partial charge is 0.259 e. The van der Waals surface area contributed by atoms with E-state index in [0.29, 0.717) is 22.0 Å². The van der Waals surface area contributed by atoms with Gasteiger partial charge < -0.3 is 19.7 Å². The Bertz CT molecular complexity index is 985. The lowest BCUT2D eigenvalue weighted by molar-refractivity contribution is 0.102. The number of methoxy groups -OCH3 is 1. The Morgan fingerprint density at radius 1 is 1.26 bits per heavy atom. The summed E-state index contributed by atoms with van der Waals surface area (Å²) in [6.07, 6.45) is 0. The van der Waals surface area contributed by atoms with E-state index in [-0.39, 0.29) is 5.91 Å². The minimum Gasteiger partial charge on any atom is -0.496 e. The van der Waals surface area contributed by atoms with E-state index in [1.807, 2.05) is 18.2 Å². The number of ether oxygens (including phenoxy) is 2. The number of halogens is 1. The number of fused-ring (bicyclic) bond motifs is 1. The van der Waals surface area contributed by atoms with Crippen LogP contribution in [0, 0.1) is 0 Å². The van der Waals surface area contributed by atoms with Gasteiger partial charge in [0.2, 0.25) is 0 Å². The third-order valence-corrected chi connectivity index (χ3v) is 5.64. The van der Waals surface area contributed by atoms with E-state index in [1.54, 1.807) is 29.5 Å². The predicted octanol–water partition coefficient (Wildman–Crippen LogP) is 4.05. The molecule has 4 rings (SSSR count). The number of hydrogen-bond acceptors (Lipinski definition) is 6. The van der Waals surface area contributed by atoms with Gasteiger partial charge in [-0.05, 0) is 36.4 Å². The molecule has 8 heteroatoms. The number of nitrogens with zero attached hydrogens (tertiary/aromatic N) is 2. The molecule has 0 radical (unpaired) electrons. The van der Waals surface area contributed by atoms with Gasteiger partial charge in [-0.25, -0.2) is 4.98 Å². The van der Waals surface area contributed by atoms with E-state index < -0.39 is 0 Å². The molecule has 1 aliphatic heterocycles. The molecule has 0 spiro atoms. The Hall–Kier alpha value is -2.35. The quantitative estimate of drug-likeness (QED) is 0.712. The summed E-state index contributed by atoms with van der Waals surface area (Å²) in [4.78, 5) is 19.6. The maximum atomic E-state index is 12.7. The fraction of sp³-hybridized carbons (Fsp3) is 0.263. The average Bonchev–Trinajstić information content (AvgIpc) is 3.12. The Kier molecular flexibility index (Phi) is 5.15. The molecule has 27 heavy (non-hydrogen) atoms. The second-order valence-electron chi connectivity index (χ2n) is 6.08. The van der Waals surface area contributed by atoms with Crippen LogP contribution in [-0.4, -0.2) is 44.3 Å². The number of carbonyl (C=O) groups excluding carboxylic acids is 1. The van der Waals surface area contributed by atoms with Crippen molar-refractivity contribution in [2.45, 2.75) is 0 Å². The Labute approximate surface area is 165 Å². The van der Waals surface area contributed by atoms with Crippen LogP contribution in [0.25, 0.3) is 10.2 Å². The van der Waals surface area contributed by atoms with Gasteiger partial charge in [0.15, 0.2) is 5.13 Å². The van der Waals surface area contributed by atoms with E-state index in [9.17, 15) is 4.79 Å². The van der Waals surface area contributed by atoms with Crippen molar-refractivity contribution in [2.24, 2.45) is 0 Å². The van der Waals surface area contributed by atoms with Crippen LogP contribution in [0.4, 0.5) is 10.8 Å². The highest BCUT2D eigenvalue weighted by Crippen LogP contribution is 2.31. The fourth-order valence-electron chi connectivity index (χ4n) is 2.94. The van der Waals surface area contributed by atoms with Gasteiger partial charge >= 0.3 is 0 Å². The molecule has 140 valence electrons. The minimum atomic E-state index is -0.272. The monoisotopic (exact) mass is 403 g/mol. The first kappa shape index (κ1) is 18.0. The summed E-state index contributed by atoms with van der Waals surface area (Å²) in [6, 6.07) is 10.7. The SMILES string of the molecule is COc1ccc(Cl)cc1C(=O)Nc1ccc2nc(N3CCOCC3)sc2c1. The number of thiazole rings is 1. The molecule has 0 aliphatic carbocycles. The van der Waals surface area contributed by atoms with Crippen LogP contribution >= 0.6 is 22.9 Å². The van der Waals surface area contributed by atoms with Gasteiger partial charge in [0.25, 0.3) is 5.91 Å². The summed E-state index contributed by atoms with van der Waals surface area (Å²) < 4.78 is 11.7. The van der Waals surface area contributed by atoms with Crippen LogP contribution < -0.4 is 15.0 Å². The summed E-state index contributed by atoms with van der Waals surface area (Å²) in [7, 11) is 1.52. The highest BCUT2D eigenvalue weighted by Gasteiger charge is 2.17. The van der Waals surface area contributed by atoms with Crippen LogP contribution in [0.5, 0.6) is 5.75 Å². The van der Waals surface area contributed by atoms with Crippen LogP contribution in [-0.2, 0) is 4.74 Å². The molecule has 1 aliphatic rings. The van der Waals surface area contributed by atoms with Crippen molar-refractivity contribution in [3.63, 3.8) is 0 Å². The van der Waals surface area contributed by atoms with Crippen LogP contribution in [0.1, 0.15) is 10.4 Å².